The topological polar surface area (TPSA) is 175 Å². The third-order valence-electron chi connectivity index (χ3n) is 14.6. The summed E-state index contributed by atoms with van der Waals surface area (Å²) in [7, 11) is 2.61. The number of nitrogens with one attached hydrogen (secondary N) is 4. The van der Waals surface area contributed by atoms with E-state index in [2.05, 4.69) is 89.0 Å². The van der Waals surface area contributed by atoms with E-state index in [4.69, 9.17) is 19.4 Å². The van der Waals surface area contributed by atoms with Gasteiger partial charge in [0.25, 0.3) is 0 Å². The number of ether oxygens (including phenoxy) is 2. The summed E-state index contributed by atoms with van der Waals surface area (Å²) in [5.74, 6) is 2.35. The van der Waals surface area contributed by atoms with Crippen molar-refractivity contribution in [3.05, 3.63) is 83.6 Å². The molecule has 4 aliphatic rings. The van der Waals surface area contributed by atoms with Gasteiger partial charge < -0.3 is 39.9 Å². The van der Waals surface area contributed by atoms with E-state index in [0.717, 1.165) is 58.8 Å². The number of fused-ring (bicyclic) bond motifs is 6. The van der Waals surface area contributed by atoms with Crippen LogP contribution in [0.1, 0.15) is 127 Å². The molecule has 3 aromatic carbocycles. The van der Waals surface area contributed by atoms with Gasteiger partial charge in [0.2, 0.25) is 11.8 Å². The highest BCUT2D eigenvalue weighted by Gasteiger charge is 2.43. The smallest absolute Gasteiger partial charge is 0.407 e. The Kier molecular flexibility index (Phi) is 12.0. The Bertz CT molecular complexity index is 2620. The van der Waals surface area contributed by atoms with Gasteiger partial charge in [0.1, 0.15) is 23.7 Å². The number of imidazole rings is 2. The average molecular weight is 883 g/mol. The zero-order chi connectivity index (χ0) is 45.8. The number of H-pyrrole nitrogens is 2. The molecule has 342 valence electrons. The van der Waals surface area contributed by atoms with Crippen LogP contribution in [-0.4, -0.2) is 92.6 Å². The highest BCUT2D eigenvalue weighted by Crippen LogP contribution is 2.58. The van der Waals surface area contributed by atoms with Crippen molar-refractivity contribution in [2.24, 2.45) is 17.8 Å². The van der Waals surface area contributed by atoms with Crippen LogP contribution < -0.4 is 10.6 Å². The molecule has 3 fully saturated rings. The van der Waals surface area contributed by atoms with Gasteiger partial charge in [-0.1, -0.05) is 77.1 Å². The molecule has 1 saturated carbocycles. The zero-order valence-corrected chi connectivity index (χ0v) is 38.7. The van der Waals surface area contributed by atoms with Crippen LogP contribution in [0, 0.1) is 17.8 Å². The summed E-state index contributed by atoms with van der Waals surface area (Å²) < 4.78 is 9.66. The molecule has 0 spiro atoms. The first kappa shape index (κ1) is 44.0. The first-order valence-electron chi connectivity index (χ1n) is 23.4. The SMILES string of the molecule is COC(=O)N[C@H](C(=O)N1C[C@@H](C)CC1c1ncc(-c2ccc(-c3ccc(-c4ccc5nc([C@@H]6CC[C@H](C)N6C(=O)[C@@H](NC(=O)OC)C(C)C)[nH]c5c4)c4c3C3CCC4C3)cc2)[nH]1)C(C)C. The molecule has 9 rings (SSSR count). The first-order chi connectivity index (χ1) is 31.2. The third kappa shape index (κ3) is 8.13. The van der Waals surface area contributed by atoms with Crippen molar-refractivity contribution in [2.45, 2.75) is 122 Å². The zero-order valence-electron chi connectivity index (χ0n) is 38.7. The van der Waals surface area contributed by atoms with Gasteiger partial charge in [-0.3, -0.25) is 9.59 Å². The molecule has 8 atom stereocenters. The molecule has 2 saturated heterocycles. The van der Waals surface area contributed by atoms with Crippen LogP contribution in [0.15, 0.2) is 60.8 Å². The van der Waals surface area contributed by atoms with Gasteiger partial charge in [-0.2, -0.15) is 0 Å². The lowest BCUT2D eigenvalue weighted by Gasteiger charge is -2.32. The number of nitrogens with zero attached hydrogens (tertiary/aromatic N) is 4. The highest BCUT2D eigenvalue weighted by molar-refractivity contribution is 5.89. The van der Waals surface area contributed by atoms with Crippen molar-refractivity contribution >= 4 is 35.0 Å². The number of hydrogen-bond donors (Lipinski definition) is 4. The second-order valence-electron chi connectivity index (χ2n) is 19.6. The Balaban J connectivity index is 0.960. The lowest BCUT2D eigenvalue weighted by molar-refractivity contribution is -0.137. The van der Waals surface area contributed by atoms with Crippen LogP contribution in [-0.2, 0) is 19.1 Å². The average Bonchev–Trinajstić information content (AvgIpc) is 4.17. The van der Waals surface area contributed by atoms with Gasteiger partial charge in [0.05, 0.1) is 49.2 Å². The first-order valence-corrected chi connectivity index (χ1v) is 23.4. The largest absolute Gasteiger partial charge is 0.453 e. The molecule has 3 unspecified atom stereocenters. The van der Waals surface area contributed by atoms with Crippen LogP contribution in [0.25, 0.3) is 44.5 Å². The number of amides is 4. The van der Waals surface area contributed by atoms with Crippen molar-refractivity contribution in [2.75, 3.05) is 20.8 Å². The van der Waals surface area contributed by atoms with Crippen molar-refractivity contribution in [3.63, 3.8) is 0 Å². The number of rotatable bonds is 11. The molecule has 4 heterocycles. The second-order valence-corrected chi connectivity index (χ2v) is 19.6. The number of carbonyl (C=O) groups excluding carboxylic acids is 4. The number of benzene rings is 3. The van der Waals surface area contributed by atoms with Crippen LogP contribution in [0.2, 0.25) is 0 Å². The number of carbonyl (C=O) groups is 4. The summed E-state index contributed by atoms with van der Waals surface area (Å²) in [5, 5.41) is 5.50. The Labute approximate surface area is 380 Å². The predicted octanol–water partition coefficient (Wildman–Crippen LogP) is 9.37. The molecule has 65 heavy (non-hydrogen) atoms. The maximum atomic E-state index is 14.0. The Morgan fingerprint density at radius 1 is 0.692 bits per heavy atom. The van der Waals surface area contributed by atoms with Gasteiger partial charge in [0.15, 0.2) is 0 Å². The fourth-order valence-electron chi connectivity index (χ4n) is 11.3. The lowest BCUT2D eigenvalue weighted by Crippen LogP contribution is -2.52. The van der Waals surface area contributed by atoms with Crippen LogP contribution in [0.5, 0.6) is 0 Å². The molecular weight excluding hydrogens is 821 g/mol. The number of likely N-dealkylation sites (tertiary alicyclic amines) is 2. The van der Waals surface area contributed by atoms with Crippen LogP contribution in [0.3, 0.4) is 0 Å². The Morgan fingerprint density at radius 3 is 1.92 bits per heavy atom. The molecule has 2 bridgehead atoms. The summed E-state index contributed by atoms with van der Waals surface area (Å²) in [5.41, 5.74) is 11.5. The van der Waals surface area contributed by atoms with Crippen molar-refractivity contribution in [1.82, 2.24) is 40.4 Å². The fraction of sp³-hybridized carbons (Fsp3) is 0.490. The number of methoxy groups -OCH3 is 2. The maximum absolute atomic E-state index is 14.0. The standard InChI is InChI=1S/C51H62N8O6/c1-26(2)44(56-50(62)64-7)48(60)58-25-28(5)21-41(58)46-52-24-39(55-46)31-12-10-30(11-13-31)35-17-18-36(43-34-15-14-33(22-34)42(35)43)32-16-19-37-38(23-32)54-47(53-37)40-20-9-29(6)59(40)49(61)45(27(3)4)57-51(63)65-8/h10-13,16-19,23-24,26-29,33-34,40-41,44-45H,9,14-15,20-22,25H2,1-8H3,(H,52,55)(H,53,54)(H,56,62)(H,57,63)/t28-,29-,33?,34?,40-,41?,44-,45-/m0/s1. The van der Waals surface area contributed by atoms with Crippen LogP contribution in [0.4, 0.5) is 9.59 Å². The maximum Gasteiger partial charge on any atom is 0.407 e. The van der Waals surface area contributed by atoms with E-state index in [-0.39, 0.29) is 47.7 Å². The molecular formula is C51H62N8O6. The Morgan fingerprint density at radius 2 is 1.29 bits per heavy atom. The van der Waals surface area contributed by atoms with Crippen molar-refractivity contribution in [3.8, 4) is 33.5 Å². The quantitative estimate of drug-likeness (QED) is 0.102. The second kappa shape index (κ2) is 17.7. The van der Waals surface area contributed by atoms with Gasteiger partial charge >= 0.3 is 12.2 Å². The van der Waals surface area contributed by atoms with Gasteiger partial charge in [0, 0.05) is 12.6 Å². The molecule has 2 aromatic heterocycles. The van der Waals surface area contributed by atoms with Crippen LogP contribution >= 0.6 is 0 Å². The fourth-order valence-corrected chi connectivity index (χ4v) is 11.3. The summed E-state index contributed by atoms with van der Waals surface area (Å²) in [6, 6.07) is 17.9. The lowest BCUT2D eigenvalue weighted by atomic mass is 9.81. The van der Waals surface area contributed by atoms with E-state index in [0.29, 0.717) is 18.4 Å². The summed E-state index contributed by atoms with van der Waals surface area (Å²) >= 11 is 0. The molecule has 4 amide bonds. The van der Waals surface area contributed by atoms with Crippen molar-refractivity contribution < 1.29 is 28.7 Å². The van der Waals surface area contributed by atoms with Gasteiger partial charge in [-0.05, 0) is 126 Å². The molecule has 14 nitrogen and oxygen atoms in total. The van der Waals surface area contributed by atoms with E-state index >= 15 is 0 Å². The van der Waals surface area contributed by atoms with E-state index in [9.17, 15) is 19.2 Å². The third-order valence-corrected chi connectivity index (χ3v) is 14.6. The molecule has 5 aromatic rings. The summed E-state index contributed by atoms with van der Waals surface area (Å²) in [4.78, 5) is 72.9. The predicted molar refractivity (Wildman–Crippen MR) is 249 cm³/mol. The highest BCUT2D eigenvalue weighted by atomic mass is 16.5. The van der Waals surface area contributed by atoms with E-state index in [1.54, 1.807) is 0 Å². The molecule has 4 N–H and O–H groups in total. The van der Waals surface area contributed by atoms with E-state index in [1.165, 1.54) is 61.3 Å². The number of aromatic amines is 2. The number of aromatic nitrogens is 4. The summed E-state index contributed by atoms with van der Waals surface area (Å²) in [6.07, 6.45) is 6.59. The monoisotopic (exact) mass is 882 g/mol. The van der Waals surface area contributed by atoms with E-state index in [1.807, 2.05) is 43.7 Å². The van der Waals surface area contributed by atoms with Gasteiger partial charge in [-0.15, -0.1) is 0 Å². The minimum atomic E-state index is -0.704. The molecule has 2 aliphatic heterocycles. The van der Waals surface area contributed by atoms with Crippen molar-refractivity contribution in [1.29, 1.82) is 0 Å². The Hall–Kier alpha value is -6.18. The molecule has 14 heteroatoms. The molecule has 2 aliphatic carbocycles. The number of alkyl carbamates (subject to hydrolysis) is 2. The minimum absolute atomic E-state index is 0.00141. The molecule has 0 radical (unpaired) electrons. The van der Waals surface area contributed by atoms with Gasteiger partial charge in [-0.25, -0.2) is 19.6 Å². The van der Waals surface area contributed by atoms with E-state index < -0.39 is 24.3 Å². The summed E-state index contributed by atoms with van der Waals surface area (Å²) in [6.45, 7) is 12.5. The minimum Gasteiger partial charge on any atom is -0.453 e. The normalized spacial score (nSPS) is 23.3. The number of hydrogen-bond acceptors (Lipinski definition) is 8.